The minimum atomic E-state index is -4.07. The third-order valence-electron chi connectivity index (χ3n) is 6.24. The topological polar surface area (TPSA) is 105 Å². The van der Waals surface area contributed by atoms with Gasteiger partial charge in [0.15, 0.2) is 21.4 Å². The van der Waals surface area contributed by atoms with Gasteiger partial charge < -0.3 is 20.0 Å². The van der Waals surface area contributed by atoms with Crippen LogP contribution in [0.15, 0.2) is 22.8 Å². The van der Waals surface area contributed by atoms with Gasteiger partial charge in [0.05, 0.1) is 12.8 Å². The zero-order valence-corrected chi connectivity index (χ0v) is 19.4. The number of carbonyl (C=O) groups excluding carboxylic acids is 1. The number of fused-ring (bicyclic) bond motifs is 1. The number of furan rings is 1. The molecular formula is C21H23F4N7O2S. The Morgan fingerprint density at radius 2 is 1.97 bits per heavy atom. The normalized spacial score (nSPS) is 19.9. The van der Waals surface area contributed by atoms with E-state index in [9.17, 15) is 22.4 Å². The van der Waals surface area contributed by atoms with Crippen LogP contribution in [0, 0.1) is 0 Å². The van der Waals surface area contributed by atoms with Crippen LogP contribution in [0.1, 0.15) is 12.8 Å². The van der Waals surface area contributed by atoms with Crippen LogP contribution >= 0.6 is 11.3 Å². The molecule has 2 saturated heterocycles. The Hall–Kier alpha value is -3.00. The van der Waals surface area contributed by atoms with Gasteiger partial charge in [-0.15, -0.1) is 0 Å². The average Bonchev–Trinajstić information content (AvgIpc) is 3.59. The number of hydrogen-bond donors (Lipinski definition) is 1. The third kappa shape index (κ3) is 4.63. The molecule has 5 heterocycles. The van der Waals surface area contributed by atoms with Gasteiger partial charge in [0, 0.05) is 32.7 Å². The summed E-state index contributed by atoms with van der Waals surface area (Å²) in [7, 11) is 0. The van der Waals surface area contributed by atoms with E-state index in [2.05, 4.69) is 15.0 Å². The molecule has 1 atom stereocenters. The van der Waals surface area contributed by atoms with Crippen LogP contribution < -0.4 is 10.6 Å². The van der Waals surface area contributed by atoms with Gasteiger partial charge in [-0.1, -0.05) is 11.3 Å². The van der Waals surface area contributed by atoms with Gasteiger partial charge >= 0.3 is 12.3 Å². The number of nitrogens with zero attached hydrogens (tertiary/aromatic N) is 6. The SMILES string of the molecule is Nc1nc(N2CCC[C@H]2C(=O)N2CCN(CC(F)(F)C(F)F)CC2)nc2sc(-c3ccco3)nc12. The summed E-state index contributed by atoms with van der Waals surface area (Å²) >= 11 is 1.31. The van der Waals surface area contributed by atoms with Crippen molar-refractivity contribution in [1.29, 1.82) is 0 Å². The molecule has 9 nitrogen and oxygen atoms in total. The molecule has 0 bridgehead atoms. The van der Waals surface area contributed by atoms with Crippen molar-refractivity contribution in [3.63, 3.8) is 0 Å². The van der Waals surface area contributed by atoms with Gasteiger partial charge in [-0.3, -0.25) is 9.69 Å². The van der Waals surface area contributed by atoms with Gasteiger partial charge in [-0.25, -0.2) is 13.8 Å². The lowest BCUT2D eigenvalue weighted by atomic mass is 10.1. The predicted octanol–water partition coefficient (Wildman–Crippen LogP) is 2.94. The molecular weight excluding hydrogens is 490 g/mol. The quantitative estimate of drug-likeness (QED) is 0.502. The Labute approximate surface area is 201 Å². The van der Waals surface area contributed by atoms with Crippen LogP contribution in [-0.2, 0) is 4.79 Å². The van der Waals surface area contributed by atoms with Gasteiger partial charge in [0.2, 0.25) is 11.9 Å². The van der Waals surface area contributed by atoms with Crippen LogP contribution in [0.5, 0.6) is 0 Å². The Bertz CT molecular complexity index is 1200. The van der Waals surface area contributed by atoms with Crippen molar-refractivity contribution in [2.75, 3.05) is 49.9 Å². The van der Waals surface area contributed by atoms with Crippen molar-refractivity contribution in [1.82, 2.24) is 24.8 Å². The fourth-order valence-corrected chi connectivity index (χ4v) is 5.34. The number of alkyl halides is 4. The van der Waals surface area contributed by atoms with E-state index in [0.717, 1.165) is 6.42 Å². The van der Waals surface area contributed by atoms with E-state index in [0.29, 0.717) is 40.0 Å². The van der Waals surface area contributed by atoms with E-state index in [1.54, 1.807) is 23.3 Å². The Kier molecular flexibility index (Phi) is 6.25. The monoisotopic (exact) mass is 513 g/mol. The molecule has 0 radical (unpaired) electrons. The molecule has 0 aliphatic carbocycles. The lowest BCUT2D eigenvalue weighted by Gasteiger charge is -2.38. The van der Waals surface area contributed by atoms with E-state index in [1.165, 1.54) is 16.2 Å². The molecule has 5 rings (SSSR count). The molecule has 2 aliphatic heterocycles. The first-order chi connectivity index (χ1) is 16.7. The molecule has 14 heteroatoms. The second-order valence-corrected chi connectivity index (χ2v) is 9.55. The highest BCUT2D eigenvalue weighted by atomic mass is 32.1. The molecule has 3 aromatic heterocycles. The number of rotatable bonds is 6. The molecule has 0 spiro atoms. The summed E-state index contributed by atoms with van der Waals surface area (Å²) in [5.41, 5.74) is 6.62. The van der Waals surface area contributed by atoms with E-state index >= 15 is 0 Å². The van der Waals surface area contributed by atoms with E-state index in [4.69, 9.17) is 10.2 Å². The average molecular weight is 514 g/mol. The smallest absolute Gasteiger partial charge is 0.319 e. The third-order valence-corrected chi connectivity index (χ3v) is 7.20. The lowest BCUT2D eigenvalue weighted by molar-refractivity contribution is -0.148. The zero-order valence-electron chi connectivity index (χ0n) is 18.5. The van der Waals surface area contributed by atoms with E-state index in [-0.39, 0.29) is 37.9 Å². The van der Waals surface area contributed by atoms with Crippen LogP contribution in [0.3, 0.4) is 0 Å². The summed E-state index contributed by atoms with van der Waals surface area (Å²) in [6, 6.07) is 3.02. The van der Waals surface area contributed by atoms with Crippen LogP contribution in [0.4, 0.5) is 29.3 Å². The number of aromatic nitrogens is 3. The Morgan fingerprint density at radius 1 is 1.20 bits per heavy atom. The first-order valence-electron chi connectivity index (χ1n) is 11.1. The molecule has 2 fully saturated rings. The largest absolute Gasteiger partial charge is 0.462 e. The lowest BCUT2D eigenvalue weighted by Crippen LogP contribution is -2.56. The highest BCUT2D eigenvalue weighted by Gasteiger charge is 2.43. The highest BCUT2D eigenvalue weighted by molar-refractivity contribution is 7.21. The summed E-state index contributed by atoms with van der Waals surface area (Å²) in [6.07, 6.45) is -0.831. The molecule has 0 saturated carbocycles. The van der Waals surface area contributed by atoms with Crippen molar-refractivity contribution in [3.05, 3.63) is 18.4 Å². The number of thiazole rings is 1. The summed E-state index contributed by atoms with van der Waals surface area (Å²) in [6.45, 7) is 0.118. The molecule has 3 aromatic rings. The molecule has 35 heavy (non-hydrogen) atoms. The zero-order chi connectivity index (χ0) is 24.7. The number of hydrogen-bond acceptors (Lipinski definition) is 9. The minimum Gasteiger partial charge on any atom is -0.462 e. The van der Waals surface area contributed by atoms with Crippen molar-refractivity contribution in [3.8, 4) is 10.8 Å². The highest BCUT2D eigenvalue weighted by Crippen LogP contribution is 2.34. The molecule has 0 unspecified atom stereocenters. The second-order valence-electron chi connectivity index (χ2n) is 8.57. The standard InChI is InChI=1S/C21H23F4N7O2S/c22-19(23)21(24,25)11-30-6-8-31(9-7-30)18(33)12-3-1-5-32(12)20-28-15(26)14-17(29-20)35-16(27-14)13-4-2-10-34-13/h2,4,10,12,19H,1,3,5-9,11H2,(H2,26,28,29)/t12-/m0/s1. The maximum atomic E-state index is 13.4. The van der Waals surface area contributed by atoms with E-state index < -0.39 is 24.9 Å². The fraction of sp³-hybridized carbons (Fsp3) is 0.524. The number of carbonyl (C=O) groups is 1. The number of nitrogens with two attached hydrogens (primary N) is 1. The minimum absolute atomic E-state index is 0.104. The van der Waals surface area contributed by atoms with Gasteiger partial charge in [-0.05, 0) is 25.0 Å². The molecule has 0 aromatic carbocycles. The van der Waals surface area contributed by atoms with E-state index in [1.807, 2.05) is 4.90 Å². The van der Waals surface area contributed by atoms with Crippen LogP contribution in [0.25, 0.3) is 21.1 Å². The Morgan fingerprint density at radius 3 is 2.66 bits per heavy atom. The molecule has 2 aliphatic rings. The second kappa shape index (κ2) is 9.22. The van der Waals surface area contributed by atoms with Crippen molar-refractivity contribution in [2.24, 2.45) is 0 Å². The number of amides is 1. The van der Waals surface area contributed by atoms with Crippen molar-refractivity contribution < 1.29 is 26.8 Å². The number of anilines is 2. The first-order valence-corrected chi connectivity index (χ1v) is 12.0. The number of halogens is 4. The summed E-state index contributed by atoms with van der Waals surface area (Å²) < 4.78 is 57.2. The predicted molar refractivity (Wildman–Crippen MR) is 122 cm³/mol. The number of nitrogen functional groups attached to an aromatic ring is 1. The van der Waals surface area contributed by atoms with Crippen molar-refractivity contribution >= 4 is 39.4 Å². The van der Waals surface area contributed by atoms with Crippen LogP contribution in [-0.4, -0.2) is 88.3 Å². The molecule has 188 valence electrons. The van der Waals surface area contributed by atoms with Crippen LogP contribution in [0.2, 0.25) is 0 Å². The summed E-state index contributed by atoms with van der Waals surface area (Å²) in [4.78, 5) is 32.0. The maximum Gasteiger partial charge on any atom is 0.319 e. The molecule has 1 amide bonds. The first kappa shape index (κ1) is 23.7. The van der Waals surface area contributed by atoms with Gasteiger partial charge in [0.25, 0.3) is 0 Å². The number of piperazine rings is 1. The maximum absolute atomic E-state index is 13.4. The summed E-state index contributed by atoms with van der Waals surface area (Å²) in [5.74, 6) is -3.11. The van der Waals surface area contributed by atoms with Gasteiger partial charge in [-0.2, -0.15) is 18.7 Å². The van der Waals surface area contributed by atoms with Gasteiger partial charge in [0.1, 0.15) is 11.6 Å². The summed E-state index contributed by atoms with van der Waals surface area (Å²) in [5, 5.41) is 0.618. The molecule has 2 N–H and O–H groups in total. The van der Waals surface area contributed by atoms with Crippen molar-refractivity contribution in [2.45, 2.75) is 31.2 Å². The fourth-order valence-electron chi connectivity index (χ4n) is 4.43. The Balaban J connectivity index is 1.29.